The van der Waals surface area contributed by atoms with Gasteiger partial charge in [-0.1, -0.05) is 13.3 Å². The molecule has 0 saturated carbocycles. The number of aliphatic carboxylic acids is 1. The van der Waals surface area contributed by atoms with Crippen LogP contribution in [0.1, 0.15) is 33.6 Å². The zero-order chi connectivity index (χ0) is 15.1. The molecule has 0 aromatic carbocycles. The smallest absolute Gasteiger partial charge is 0.317 e. The highest BCUT2D eigenvalue weighted by Gasteiger charge is 2.28. The number of nitrogens with two attached hydrogens (primary N) is 1. The summed E-state index contributed by atoms with van der Waals surface area (Å²) in [7, 11) is 0. The van der Waals surface area contributed by atoms with Crippen LogP contribution in [0, 0.1) is 5.41 Å². The number of carbonyl (C=O) groups excluding carboxylic acids is 2. The minimum absolute atomic E-state index is 0.0114. The highest BCUT2D eigenvalue weighted by Crippen LogP contribution is 2.13. The van der Waals surface area contributed by atoms with Gasteiger partial charge in [0, 0.05) is 13.1 Å². The van der Waals surface area contributed by atoms with Crippen molar-refractivity contribution in [1.29, 1.82) is 0 Å². The molecule has 0 radical (unpaired) electrons. The molecule has 3 amide bonds. The van der Waals surface area contributed by atoms with Crippen LogP contribution in [0.2, 0.25) is 0 Å². The highest BCUT2D eigenvalue weighted by atomic mass is 16.4. The molecule has 19 heavy (non-hydrogen) atoms. The Kier molecular flexibility index (Phi) is 6.89. The monoisotopic (exact) mass is 273 g/mol. The molecule has 0 unspecified atom stereocenters. The molecule has 0 aliphatic rings. The number of primary amides is 1. The van der Waals surface area contributed by atoms with Gasteiger partial charge >= 0.3 is 12.0 Å². The first-order valence-electron chi connectivity index (χ1n) is 6.25. The van der Waals surface area contributed by atoms with Crippen molar-refractivity contribution in [2.24, 2.45) is 11.1 Å². The summed E-state index contributed by atoms with van der Waals surface area (Å²) in [5.41, 5.74) is 4.02. The van der Waals surface area contributed by atoms with Crippen LogP contribution >= 0.6 is 0 Å². The van der Waals surface area contributed by atoms with Crippen molar-refractivity contribution in [3.63, 3.8) is 0 Å². The molecule has 0 aliphatic heterocycles. The largest absolute Gasteiger partial charge is 0.481 e. The molecule has 0 aliphatic carbocycles. The Morgan fingerprint density at radius 3 is 2.32 bits per heavy atom. The zero-order valence-electron chi connectivity index (χ0n) is 11.7. The average Bonchev–Trinajstić information content (AvgIpc) is 2.30. The number of carboxylic acid groups (broad SMARTS) is 1. The Morgan fingerprint density at radius 1 is 1.32 bits per heavy atom. The fourth-order valence-corrected chi connectivity index (χ4v) is 1.27. The molecule has 7 heteroatoms. The van der Waals surface area contributed by atoms with Gasteiger partial charge < -0.3 is 21.1 Å². The number of nitrogens with zero attached hydrogens (tertiary/aromatic N) is 1. The minimum atomic E-state index is -1.06. The summed E-state index contributed by atoms with van der Waals surface area (Å²) >= 11 is 0. The number of nitrogens with one attached hydrogen (secondary N) is 1. The Labute approximate surface area is 113 Å². The van der Waals surface area contributed by atoms with E-state index in [1.165, 1.54) is 18.7 Å². The van der Waals surface area contributed by atoms with E-state index in [0.717, 1.165) is 12.8 Å². The number of hydrogen-bond acceptors (Lipinski definition) is 3. The van der Waals surface area contributed by atoms with Crippen LogP contribution in [-0.2, 0) is 9.59 Å². The normalized spacial score (nSPS) is 10.9. The second-order valence-electron chi connectivity index (χ2n) is 5.09. The van der Waals surface area contributed by atoms with Crippen LogP contribution in [0.25, 0.3) is 0 Å². The van der Waals surface area contributed by atoms with Crippen molar-refractivity contribution in [1.82, 2.24) is 10.2 Å². The SMILES string of the molecule is CCCCN(CC(N)=O)C(=O)NCC(C)(C)C(=O)O. The van der Waals surface area contributed by atoms with E-state index in [1.807, 2.05) is 6.92 Å². The van der Waals surface area contributed by atoms with E-state index in [0.29, 0.717) is 6.54 Å². The Balaban J connectivity index is 4.46. The van der Waals surface area contributed by atoms with Crippen molar-refractivity contribution in [3.05, 3.63) is 0 Å². The lowest BCUT2D eigenvalue weighted by Crippen LogP contribution is -2.48. The van der Waals surface area contributed by atoms with Crippen LogP contribution in [-0.4, -0.2) is 47.5 Å². The fraction of sp³-hybridized carbons (Fsp3) is 0.750. The number of hydrogen-bond donors (Lipinski definition) is 3. The minimum Gasteiger partial charge on any atom is -0.481 e. The van der Waals surface area contributed by atoms with Crippen LogP contribution in [0.4, 0.5) is 4.79 Å². The molecule has 0 heterocycles. The maximum atomic E-state index is 11.9. The van der Waals surface area contributed by atoms with Crippen molar-refractivity contribution in [3.8, 4) is 0 Å². The summed E-state index contributed by atoms with van der Waals surface area (Å²) in [6, 6.07) is -0.471. The maximum Gasteiger partial charge on any atom is 0.317 e. The Morgan fingerprint density at radius 2 is 1.89 bits per heavy atom. The molecule has 0 aromatic rings. The van der Waals surface area contributed by atoms with E-state index in [4.69, 9.17) is 10.8 Å². The van der Waals surface area contributed by atoms with Gasteiger partial charge in [-0.3, -0.25) is 9.59 Å². The van der Waals surface area contributed by atoms with Gasteiger partial charge in [-0.2, -0.15) is 0 Å². The van der Waals surface area contributed by atoms with Gasteiger partial charge in [-0.15, -0.1) is 0 Å². The van der Waals surface area contributed by atoms with Crippen LogP contribution < -0.4 is 11.1 Å². The lowest BCUT2D eigenvalue weighted by Gasteiger charge is -2.25. The summed E-state index contributed by atoms with van der Waals surface area (Å²) in [4.78, 5) is 35.0. The molecule has 0 saturated heterocycles. The molecular formula is C12H23N3O4. The average molecular weight is 273 g/mol. The third-order valence-corrected chi connectivity index (χ3v) is 2.68. The molecule has 0 aromatic heterocycles. The molecule has 0 rings (SSSR count). The van der Waals surface area contributed by atoms with Crippen molar-refractivity contribution in [2.75, 3.05) is 19.6 Å². The number of carbonyl (C=O) groups is 3. The molecule has 0 fully saturated rings. The molecule has 4 N–H and O–H groups in total. The molecular weight excluding hydrogens is 250 g/mol. The predicted octanol–water partition coefficient (Wildman–Crippen LogP) is 0.394. The molecule has 0 atom stereocenters. The van der Waals surface area contributed by atoms with Gasteiger partial charge in [0.05, 0.1) is 5.41 Å². The van der Waals surface area contributed by atoms with E-state index in [1.54, 1.807) is 0 Å². The molecule has 7 nitrogen and oxygen atoms in total. The number of carboxylic acids is 1. The van der Waals surface area contributed by atoms with E-state index in [-0.39, 0.29) is 13.1 Å². The lowest BCUT2D eigenvalue weighted by molar-refractivity contribution is -0.146. The van der Waals surface area contributed by atoms with Gasteiger partial charge in [0.1, 0.15) is 6.54 Å². The van der Waals surface area contributed by atoms with E-state index in [9.17, 15) is 14.4 Å². The van der Waals surface area contributed by atoms with Gasteiger partial charge in [0.15, 0.2) is 0 Å². The Bertz CT molecular complexity index is 342. The first kappa shape index (κ1) is 17.2. The summed E-state index contributed by atoms with van der Waals surface area (Å²) in [5.74, 6) is -1.59. The van der Waals surface area contributed by atoms with Gasteiger partial charge in [0.2, 0.25) is 5.91 Å². The number of rotatable bonds is 8. The highest BCUT2D eigenvalue weighted by molar-refractivity contribution is 5.83. The summed E-state index contributed by atoms with van der Waals surface area (Å²) in [5, 5.41) is 11.5. The summed E-state index contributed by atoms with van der Waals surface area (Å²) < 4.78 is 0. The maximum absolute atomic E-state index is 11.9. The quantitative estimate of drug-likeness (QED) is 0.594. The number of amides is 3. The number of urea groups is 1. The molecule has 110 valence electrons. The van der Waals surface area contributed by atoms with Gasteiger partial charge in [-0.05, 0) is 20.3 Å². The zero-order valence-corrected chi connectivity index (χ0v) is 11.7. The first-order valence-corrected chi connectivity index (χ1v) is 6.25. The third kappa shape index (κ3) is 6.64. The third-order valence-electron chi connectivity index (χ3n) is 2.68. The topological polar surface area (TPSA) is 113 Å². The first-order chi connectivity index (χ1) is 8.70. The van der Waals surface area contributed by atoms with Crippen molar-refractivity contribution in [2.45, 2.75) is 33.6 Å². The summed E-state index contributed by atoms with van der Waals surface area (Å²) in [6.07, 6.45) is 1.63. The summed E-state index contributed by atoms with van der Waals surface area (Å²) in [6.45, 7) is 5.23. The van der Waals surface area contributed by atoms with Crippen LogP contribution in [0.5, 0.6) is 0 Å². The van der Waals surface area contributed by atoms with E-state index in [2.05, 4.69) is 5.32 Å². The standard InChI is InChI=1S/C12H23N3O4/c1-4-5-6-15(7-9(13)16)11(19)14-8-12(2,3)10(17)18/h4-8H2,1-3H3,(H2,13,16)(H,14,19)(H,17,18). The number of unbranched alkanes of at least 4 members (excludes halogenated alkanes) is 1. The van der Waals surface area contributed by atoms with E-state index < -0.39 is 23.3 Å². The molecule has 0 bridgehead atoms. The van der Waals surface area contributed by atoms with Crippen LogP contribution in [0.15, 0.2) is 0 Å². The lowest BCUT2D eigenvalue weighted by atomic mass is 9.94. The van der Waals surface area contributed by atoms with E-state index >= 15 is 0 Å². The fourth-order valence-electron chi connectivity index (χ4n) is 1.27. The van der Waals surface area contributed by atoms with Crippen molar-refractivity contribution < 1.29 is 19.5 Å². The Hall–Kier alpha value is -1.79. The molecule has 0 spiro atoms. The second-order valence-corrected chi connectivity index (χ2v) is 5.09. The second kappa shape index (κ2) is 7.60. The van der Waals surface area contributed by atoms with Gasteiger partial charge in [0.25, 0.3) is 0 Å². The van der Waals surface area contributed by atoms with Crippen molar-refractivity contribution >= 4 is 17.9 Å². The van der Waals surface area contributed by atoms with Crippen LogP contribution in [0.3, 0.4) is 0 Å². The predicted molar refractivity (Wildman–Crippen MR) is 70.5 cm³/mol. The van der Waals surface area contributed by atoms with Gasteiger partial charge in [-0.25, -0.2) is 4.79 Å².